The van der Waals surface area contributed by atoms with Crippen molar-refractivity contribution in [2.45, 2.75) is 18.3 Å². The molecule has 2 bridgehead atoms. The summed E-state index contributed by atoms with van der Waals surface area (Å²) < 4.78 is 2.68. The van der Waals surface area contributed by atoms with E-state index in [4.69, 9.17) is 0 Å². The Balaban J connectivity index is 1.21. The molecule has 7 aromatic carbocycles. The molecule has 50 heavy (non-hydrogen) atoms. The summed E-state index contributed by atoms with van der Waals surface area (Å²) in [6.07, 6.45) is 7.23. The Kier molecular flexibility index (Phi) is 6.00. The predicted molar refractivity (Wildman–Crippen MR) is 212 cm³/mol. The standard InChI is InChI=1S/C48H33NS/c1-2-14-34(15-3-1)49(45-30-41-39-20-8-11-24-46(39)50-47(41)40-21-5-4-19-38(40)45)35-16-12-13-33(29-35)48(42-26-25-31-27-32(42)28-31)43-22-9-6-17-36(43)37-18-7-10-23-44(37)48/h1-26,29-30,32H,27-28H2. The highest BCUT2D eigenvalue weighted by molar-refractivity contribution is 7.26. The van der Waals surface area contributed by atoms with Crippen LogP contribution >= 0.6 is 11.3 Å². The van der Waals surface area contributed by atoms with Crippen LogP contribution in [0, 0.1) is 5.92 Å². The lowest BCUT2D eigenvalue weighted by molar-refractivity contribution is 0.432. The highest BCUT2D eigenvalue weighted by atomic mass is 32.1. The van der Waals surface area contributed by atoms with E-state index in [1.165, 1.54) is 88.6 Å². The van der Waals surface area contributed by atoms with Gasteiger partial charge in [0.15, 0.2) is 0 Å². The van der Waals surface area contributed by atoms with E-state index in [-0.39, 0.29) is 5.41 Å². The molecule has 4 aliphatic carbocycles. The summed E-state index contributed by atoms with van der Waals surface area (Å²) in [6.45, 7) is 0. The number of hydrogen-bond acceptors (Lipinski definition) is 2. The molecular weight excluding hydrogens is 623 g/mol. The minimum atomic E-state index is -0.367. The summed E-state index contributed by atoms with van der Waals surface area (Å²) in [5, 5.41) is 5.19. The molecule has 8 aromatic rings. The van der Waals surface area contributed by atoms with Gasteiger partial charge in [-0.05, 0) is 88.5 Å². The predicted octanol–water partition coefficient (Wildman–Crippen LogP) is 13.3. The third-order valence-electron chi connectivity index (χ3n) is 11.5. The first kappa shape index (κ1) is 28.2. The number of fused-ring (bicyclic) bond motifs is 9. The van der Waals surface area contributed by atoms with Gasteiger partial charge >= 0.3 is 0 Å². The number of benzene rings is 7. The molecule has 1 nitrogen and oxygen atoms in total. The van der Waals surface area contributed by atoms with Crippen molar-refractivity contribution < 1.29 is 0 Å². The van der Waals surface area contributed by atoms with Gasteiger partial charge in [0.25, 0.3) is 0 Å². The highest BCUT2D eigenvalue weighted by Crippen LogP contribution is 2.62. The molecule has 0 atom stereocenters. The molecule has 2 heteroatoms. The second-order valence-corrected chi connectivity index (χ2v) is 15.1. The van der Waals surface area contributed by atoms with E-state index in [1.54, 1.807) is 5.57 Å². The fourth-order valence-corrected chi connectivity index (χ4v) is 10.5. The van der Waals surface area contributed by atoms with Crippen LogP contribution < -0.4 is 4.90 Å². The van der Waals surface area contributed by atoms with Gasteiger partial charge in [-0.1, -0.05) is 139 Å². The summed E-state index contributed by atoms with van der Waals surface area (Å²) in [6, 6.07) is 58.9. The van der Waals surface area contributed by atoms with Gasteiger partial charge in [0.1, 0.15) is 0 Å². The van der Waals surface area contributed by atoms with Crippen LogP contribution in [0.2, 0.25) is 0 Å². The number of anilines is 3. The SMILES string of the molecule is C1=C2CC(C2)C(C2(c3cccc(N(c4ccccc4)c4cc5c6ccccc6sc5c5ccccc45)c3)c3ccccc3-c3ccccc32)=C1. The molecule has 0 aliphatic heterocycles. The van der Waals surface area contributed by atoms with Gasteiger partial charge in [0.2, 0.25) is 0 Å². The van der Waals surface area contributed by atoms with Crippen molar-refractivity contribution in [1.29, 1.82) is 0 Å². The van der Waals surface area contributed by atoms with Crippen LogP contribution in [0.15, 0.2) is 181 Å². The van der Waals surface area contributed by atoms with Gasteiger partial charge in [-0.2, -0.15) is 0 Å². The Labute approximate surface area is 296 Å². The third-order valence-corrected chi connectivity index (χ3v) is 12.7. The van der Waals surface area contributed by atoms with Crippen LogP contribution in [0.1, 0.15) is 29.5 Å². The van der Waals surface area contributed by atoms with Crippen LogP contribution in [0.3, 0.4) is 0 Å². The highest BCUT2D eigenvalue weighted by Gasteiger charge is 2.51. The van der Waals surface area contributed by atoms with Crippen LogP contribution in [-0.2, 0) is 5.41 Å². The first-order valence-corrected chi connectivity index (χ1v) is 18.5. The van der Waals surface area contributed by atoms with E-state index < -0.39 is 0 Å². The van der Waals surface area contributed by atoms with Crippen molar-refractivity contribution in [3.05, 3.63) is 198 Å². The molecule has 1 saturated carbocycles. The maximum absolute atomic E-state index is 2.50. The van der Waals surface area contributed by atoms with E-state index in [1.807, 2.05) is 11.3 Å². The van der Waals surface area contributed by atoms with Gasteiger partial charge in [-0.25, -0.2) is 0 Å². The molecule has 236 valence electrons. The van der Waals surface area contributed by atoms with E-state index in [0.29, 0.717) is 5.92 Å². The molecule has 1 heterocycles. The summed E-state index contributed by atoms with van der Waals surface area (Å²) in [5.74, 6) is 0.557. The zero-order valence-electron chi connectivity index (χ0n) is 27.5. The van der Waals surface area contributed by atoms with Gasteiger partial charge < -0.3 is 4.90 Å². The van der Waals surface area contributed by atoms with Gasteiger partial charge in [-0.3, -0.25) is 0 Å². The average molecular weight is 656 g/mol. The molecule has 0 unspecified atom stereocenters. The minimum absolute atomic E-state index is 0.367. The molecule has 1 fully saturated rings. The van der Waals surface area contributed by atoms with E-state index in [2.05, 4.69) is 175 Å². The largest absolute Gasteiger partial charge is 0.310 e. The maximum atomic E-state index is 2.50. The van der Waals surface area contributed by atoms with Crippen molar-refractivity contribution in [2.24, 2.45) is 5.92 Å². The molecular formula is C48H33NS. The lowest BCUT2D eigenvalue weighted by Gasteiger charge is -2.46. The lowest BCUT2D eigenvalue weighted by atomic mass is 9.57. The van der Waals surface area contributed by atoms with Gasteiger partial charge in [-0.15, -0.1) is 11.3 Å². The third kappa shape index (κ3) is 3.83. The molecule has 0 N–H and O–H groups in total. The number of rotatable bonds is 5. The number of hydrogen-bond donors (Lipinski definition) is 0. The zero-order chi connectivity index (χ0) is 32.8. The van der Waals surface area contributed by atoms with E-state index in [0.717, 1.165) is 5.69 Å². The van der Waals surface area contributed by atoms with Gasteiger partial charge in [0, 0.05) is 42.3 Å². The summed E-state index contributed by atoms with van der Waals surface area (Å²) in [7, 11) is 0. The second kappa shape index (κ2) is 10.6. The zero-order valence-corrected chi connectivity index (χ0v) is 28.3. The Morgan fingerprint density at radius 2 is 1.16 bits per heavy atom. The summed E-state index contributed by atoms with van der Waals surface area (Å²) in [4.78, 5) is 2.49. The molecule has 12 rings (SSSR count). The number of thiophene rings is 1. The van der Waals surface area contributed by atoms with Crippen molar-refractivity contribution in [3.8, 4) is 11.1 Å². The first-order chi connectivity index (χ1) is 24.8. The molecule has 0 amide bonds. The van der Waals surface area contributed by atoms with Crippen molar-refractivity contribution in [1.82, 2.24) is 0 Å². The fraction of sp³-hybridized carbons (Fsp3) is 0.0833. The number of para-hydroxylation sites is 1. The minimum Gasteiger partial charge on any atom is -0.310 e. The molecule has 0 spiro atoms. The average Bonchev–Trinajstić information content (AvgIpc) is 3.70. The van der Waals surface area contributed by atoms with Crippen molar-refractivity contribution in [3.63, 3.8) is 0 Å². The molecule has 0 radical (unpaired) electrons. The Bertz CT molecular complexity index is 2670. The summed E-state index contributed by atoms with van der Waals surface area (Å²) >= 11 is 1.90. The molecule has 0 saturated heterocycles. The lowest BCUT2D eigenvalue weighted by Crippen LogP contribution is -2.37. The van der Waals surface area contributed by atoms with E-state index >= 15 is 0 Å². The number of allylic oxidation sites excluding steroid dienone is 4. The Hall–Kier alpha value is -5.70. The van der Waals surface area contributed by atoms with Crippen molar-refractivity contribution in [2.75, 3.05) is 4.90 Å². The molecule has 4 aliphatic rings. The normalized spacial score (nSPS) is 15.8. The molecule has 1 aromatic heterocycles. The monoisotopic (exact) mass is 655 g/mol. The van der Waals surface area contributed by atoms with Crippen LogP contribution in [-0.4, -0.2) is 0 Å². The first-order valence-electron chi connectivity index (χ1n) is 17.7. The number of nitrogens with zero attached hydrogens (tertiary/aromatic N) is 1. The fourth-order valence-electron chi connectivity index (χ4n) is 9.32. The smallest absolute Gasteiger partial charge is 0.0680 e. The van der Waals surface area contributed by atoms with Crippen LogP contribution in [0.25, 0.3) is 42.1 Å². The van der Waals surface area contributed by atoms with Gasteiger partial charge in [0.05, 0.1) is 11.1 Å². The quantitative estimate of drug-likeness (QED) is 0.178. The van der Waals surface area contributed by atoms with E-state index in [9.17, 15) is 0 Å². The summed E-state index contributed by atoms with van der Waals surface area (Å²) in [5.41, 5.74) is 13.1. The van der Waals surface area contributed by atoms with Crippen LogP contribution in [0.5, 0.6) is 0 Å². The topological polar surface area (TPSA) is 3.24 Å². The van der Waals surface area contributed by atoms with Crippen molar-refractivity contribution >= 4 is 59.3 Å². The Morgan fingerprint density at radius 3 is 1.90 bits per heavy atom. The maximum Gasteiger partial charge on any atom is 0.0680 e. The Morgan fingerprint density at radius 1 is 0.520 bits per heavy atom. The second-order valence-electron chi connectivity index (χ2n) is 14.0. The van der Waals surface area contributed by atoms with Crippen LogP contribution in [0.4, 0.5) is 17.1 Å².